The molecule has 0 aliphatic carbocycles. The lowest BCUT2D eigenvalue weighted by molar-refractivity contribution is 0.545. The molecule has 1 atom stereocenters. The van der Waals surface area contributed by atoms with Crippen LogP contribution in [0.5, 0.6) is 0 Å². The Morgan fingerprint density at radius 2 is 2.11 bits per heavy atom. The maximum atomic E-state index is 13.9. The minimum Gasteiger partial charge on any atom is -0.316 e. The molecule has 2 aromatic rings. The highest BCUT2D eigenvalue weighted by atomic mass is 32.1. The highest BCUT2D eigenvalue weighted by molar-refractivity contribution is 7.07. The van der Waals surface area contributed by atoms with Gasteiger partial charge in [-0.3, -0.25) is 0 Å². The van der Waals surface area contributed by atoms with Gasteiger partial charge >= 0.3 is 0 Å². The number of benzene rings is 1. The summed E-state index contributed by atoms with van der Waals surface area (Å²) in [7, 11) is 0. The smallest absolute Gasteiger partial charge is 0.126 e. The molecular weight excluding hydrogens is 245 g/mol. The Balaban J connectivity index is 2.16. The lowest BCUT2D eigenvalue weighted by Gasteiger charge is -2.18. The third-order valence-electron chi connectivity index (χ3n) is 3.05. The van der Waals surface area contributed by atoms with E-state index in [1.165, 1.54) is 5.56 Å². The van der Waals surface area contributed by atoms with Gasteiger partial charge in [-0.25, -0.2) is 4.39 Å². The molecule has 1 heterocycles. The lowest BCUT2D eigenvalue weighted by Crippen LogP contribution is -2.23. The van der Waals surface area contributed by atoms with Crippen LogP contribution in [0.3, 0.4) is 0 Å². The molecule has 0 aliphatic rings. The fourth-order valence-corrected chi connectivity index (χ4v) is 2.79. The van der Waals surface area contributed by atoms with Crippen LogP contribution >= 0.6 is 11.3 Å². The Kier molecular flexibility index (Phi) is 4.90. The maximum Gasteiger partial charge on any atom is 0.126 e. The number of rotatable bonds is 6. The van der Waals surface area contributed by atoms with E-state index in [9.17, 15) is 4.39 Å². The van der Waals surface area contributed by atoms with Crippen LogP contribution in [0.25, 0.3) is 0 Å². The van der Waals surface area contributed by atoms with Crippen LogP contribution in [-0.2, 0) is 6.42 Å². The first kappa shape index (κ1) is 13.2. The van der Waals surface area contributed by atoms with Gasteiger partial charge in [-0.05, 0) is 47.0 Å². The Hall–Kier alpha value is -1.19. The minimum atomic E-state index is -0.101. The van der Waals surface area contributed by atoms with Crippen LogP contribution in [0.2, 0.25) is 0 Å². The van der Waals surface area contributed by atoms with Gasteiger partial charge in [0.15, 0.2) is 0 Å². The van der Waals surface area contributed by atoms with Crippen molar-refractivity contribution < 1.29 is 4.39 Å². The van der Waals surface area contributed by atoms with Gasteiger partial charge in [0.05, 0.1) is 0 Å². The molecule has 0 spiro atoms. The second-order valence-corrected chi connectivity index (χ2v) is 5.14. The van der Waals surface area contributed by atoms with E-state index in [1.807, 2.05) is 12.1 Å². The van der Waals surface area contributed by atoms with Gasteiger partial charge in [0.2, 0.25) is 0 Å². The quantitative estimate of drug-likeness (QED) is 0.835. The lowest BCUT2D eigenvalue weighted by atomic mass is 9.92. The molecule has 18 heavy (non-hydrogen) atoms. The predicted octanol–water partition coefficient (Wildman–Crippen LogP) is 3.82. The largest absolute Gasteiger partial charge is 0.316 e. The monoisotopic (exact) mass is 263 g/mol. The van der Waals surface area contributed by atoms with Gasteiger partial charge in [-0.2, -0.15) is 11.3 Å². The van der Waals surface area contributed by atoms with E-state index in [-0.39, 0.29) is 11.7 Å². The van der Waals surface area contributed by atoms with E-state index < -0.39 is 0 Å². The molecule has 0 bridgehead atoms. The van der Waals surface area contributed by atoms with E-state index in [4.69, 9.17) is 0 Å². The summed E-state index contributed by atoms with van der Waals surface area (Å²) in [5, 5.41) is 7.53. The van der Waals surface area contributed by atoms with Crippen molar-refractivity contribution in [2.75, 3.05) is 13.1 Å². The van der Waals surface area contributed by atoms with Crippen LogP contribution in [0.4, 0.5) is 4.39 Å². The molecule has 0 saturated heterocycles. The fourth-order valence-electron chi connectivity index (χ4n) is 2.11. The molecule has 1 N–H and O–H groups in total. The van der Waals surface area contributed by atoms with Crippen molar-refractivity contribution >= 4 is 11.3 Å². The molecular formula is C15H18FNS. The van der Waals surface area contributed by atoms with Crippen molar-refractivity contribution in [1.82, 2.24) is 5.32 Å². The zero-order valence-corrected chi connectivity index (χ0v) is 11.3. The third-order valence-corrected chi connectivity index (χ3v) is 3.78. The van der Waals surface area contributed by atoms with Crippen LogP contribution in [-0.4, -0.2) is 13.1 Å². The highest BCUT2D eigenvalue weighted by Crippen LogP contribution is 2.24. The first-order chi connectivity index (χ1) is 8.81. The summed E-state index contributed by atoms with van der Waals surface area (Å²) >= 11 is 1.69. The molecule has 96 valence electrons. The number of halogens is 1. The average molecular weight is 263 g/mol. The van der Waals surface area contributed by atoms with Gasteiger partial charge in [0.1, 0.15) is 5.82 Å². The Labute approximate surface area is 112 Å². The van der Waals surface area contributed by atoms with Crippen molar-refractivity contribution in [3.63, 3.8) is 0 Å². The summed E-state index contributed by atoms with van der Waals surface area (Å²) in [6.45, 7) is 3.80. The topological polar surface area (TPSA) is 12.0 Å². The Morgan fingerprint density at radius 1 is 1.28 bits per heavy atom. The molecule has 1 unspecified atom stereocenters. The fraction of sp³-hybridized carbons (Fsp3) is 0.333. The highest BCUT2D eigenvalue weighted by Gasteiger charge is 2.15. The summed E-state index contributed by atoms with van der Waals surface area (Å²) in [5.74, 6) is 0.0939. The maximum absolute atomic E-state index is 13.9. The van der Waals surface area contributed by atoms with E-state index in [0.29, 0.717) is 0 Å². The van der Waals surface area contributed by atoms with Crippen molar-refractivity contribution in [2.45, 2.75) is 19.3 Å². The van der Waals surface area contributed by atoms with Crippen LogP contribution < -0.4 is 5.32 Å². The number of thiophene rings is 1. The number of hydrogen-bond donors (Lipinski definition) is 1. The standard InChI is InChI=1S/C15H18FNS/c1-2-17-10-13(9-12-7-8-18-11-12)14-5-3-4-6-15(14)16/h3-8,11,13,17H,2,9-10H2,1H3. The number of hydrogen-bond acceptors (Lipinski definition) is 2. The average Bonchev–Trinajstić information content (AvgIpc) is 2.88. The van der Waals surface area contributed by atoms with Crippen LogP contribution in [0.15, 0.2) is 41.1 Å². The summed E-state index contributed by atoms with van der Waals surface area (Å²) in [6, 6.07) is 9.20. The summed E-state index contributed by atoms with van der Waals surface area (Å²) in [6.07, 6.45) is 0.886. The normalized spacial score (nSPS) is 12.6. The van der Waals surface area contributed by atoms with Crippen molar-refractivity contribution in [3.05, 3.63) is 58.0 Å². The van der Waals surface area contributed by atoms with Crippen molar-refractivity contribution in [2.24, 2.45) is 0 Å². The summed E-state index contributed by atoms with van der Waals surface area (Å²) in [4.78, 5) is 0. The van der Waals surface area contributed by atoms with Gasteiger partial charge in [-0.1, -0.05) is 25.1 Å². The third kappa shape index (κ3) is 3.40. The van der Waals surface area contributed by atoms with Gasteiger partial charge in [-0.15, -0.1) is 0 Å². The van der Waals surface area contributed by atoms with Gasteiger partial charge < -0.3 is 5.32 Å². The molecule has 2 rings (SSSR count). The second kappa shape index (κ2) is 6.66. The summed E-state index contributed by atoms with van der Waals surface area (Å²) in [5.41, 5.74) is 2.09. The SMILES string of the molecule is CCNCC(Cc1ccsc1)c1ccccc1F. The molecule has 0 fully saturated rings. The Bertz CT molecular complexity index is 467. The summed E-state index contributed by atoms with van der Waals surface area (Å²) < 4.78 is 13.9. The molecule has 1 nitrogen and oxygen atoms in total. The number of nitrogens with one attached hydrogen (secondary N) is 1. The first-order valence-electron chi connectivity index (χ1n) is 6.27. The van der Waals surface area contributed by atoms with E-state index in [2.05, 4.69) is 29.1 Å². The Morgan fingerprint density at radius 3 is 2.78 bits per heavy atom. The van der Waals surface area contributed by atoms with Crippen LogP contribution in [0, 0.1) is 5.82 Å². The molecule has 0 saturated carbocycles. The van der Waals surface area contributed by atoms with Gasteiger partial charge in [0, 0.05) is 12.5 Å². The first-order valence-corrected chi connectivity index (χ1v) is 7.21. The zero-order valence-electron chi connectivity index (χ0n) is 10.5. The molecule has 0 amide bonds. The minimum absolute atomic E-state index is 0.101. The van der Waals surface area contributed by atoms with Crippen molar-refractivity contribution in [1.29, 1.82) is 0 Å². The zero-order chi connectivity index (χ0) is 12.8. The molecule has 1 aromatic carbocycles. The second-order valence-electron chi connectivity index (χ2n) is 4.36. The predicted molar refractivity (Wildman–Crippen MR) is 75.7 cm³/mol. The van der Waals surface area contributed by atoms with E-state index in [0.717, 1.165) is 25.1 Å². The molecule has 1 aromatic heterocycles. The van der Waals surface area contributed by atoms with Crippen molar-refractivity contribution in [3.8, 4) is 0 Å². The molecule has 0 radical (unpaired) electrons. The van der Waals surface area contributed by atoms with E-state index >= 15 is 0 Å². The van der Waals surface area contributed by atoms with E-state index in [1.54, 1.807) is 23.5 Å². The number of likely N-dealkylation sites (N-methyl/N-ethyl adjacent to an activating group) is 1. The van der Waals surface area contributed by atoms with Crippen LogP contribution in [0.1, 0.15) is 24.0 Å². The molecule has 3 heteroatoms. The van der Waals surface area contributed by atoms with Gasteiger partial charge in [0.25, 0.3) is 0 Å². The molecule has 0 aliphatic heterocycles.